The normalized spacial score (nSPS) is 8.50. The van der Waals surface area contributed by atoms with Crippen LogP contribution in [0.15, 0.2) is 12.3 Å². The number of hydrogen-bond donors (Lipinski definition) is 1. The van der Waals surface area contributed by atoms with Gasteiger partial charge in [0.2, 0.25) is 0 Å². The predicted octanol–water partition coefficient (Wildman–Crippen LogP) is 0.622. The van der Waals surface area contributed by atoms with Gasteiger partial charge in [0.05, 0.1) is 0 Å². The molecule has 1 rings (SSSR count). The van der Waals surface area contributed by atoms with E-state index in [0.29, 0.717) is 0 Å². The van der Waals surface area contributed by atoms with E-state index in [9.17, 15) is 4.79 Å². The number of amides is 1. The van der Waals surface area contributed by atoms with Gasteiger partial charge in [0, 0.05) is 6.20 Å². The first-order valence-corrected chi connectivity index (χ1v) is 2.74. The summed E-state index contributed by atoms with van der Waals surface area (Å²) in [5.41, 5.74) is 0. The standard InChI is InChI=1S/C4H3N2OS/c7-3-5-4-1-2-6-8-4/h1-2H,(H,5,7). The van der Waals surface area contributed by atoms with E-state index < -0.39 is 0 Å². The third kappa shape index (κ3) is 1.04. The Hall–Kier alpha value is -0.900. The molecule has 1 radical (unpaired) electrons. The van der Waals surface area contributed by atoms with Crippen LogP contribution in [0.5, 0.6) is 0 Å². The Balaban J connectivity index is 2.62. The smallest absolute Gasteiger partial charge is 0.308 e. The van der Waals surface area contributed by atoms with E-state index in [0.717, 1.165) is 5.00 Å². The first-order valence-electron chi connectivity index (χ1n) is 1.97. The van der Waals surface area contributed by atoms with Gasteiger partial charge in [-0.15, -0.1) is 0 Å². The lowest BCUT2D eigenvalue weighted by molar-refractivity contribution is 0.561. The highest BCUT2D eigenvalue weighted by Crippen LogP contribution is 2.08. The zero-order valence-corrected chi connectivity index (χ0v) is 4.73. The maximum Gasteiger partial charge on any atom is 0.314 e. The Bertz CT molecular complexity index is 161. The predicted molar refractivity (Wildman–Crippen MR) is 31.4 cm³/mol. The van der Waals surface area contributed by atoms with Crippen LogP contribution in [0.1, 0.15) is 0 Å². The number of nitrogens with one attached hydrogen (secondary N) is 1. The highest BCUT2D eigenvalue weighted by atomic mass is 32.1. The van der Waals surface area contributed by atoms with Crippen molar-refractivity contribution >= 4 is 22.9 Å². The highest BCUT2D eigenvalue weighted by Gasteiger charge is 1.87. The van der Waals surface area contributed by atoms with E-state index in [-0.39, 0.29) is 0 Å². The number of carbonyl (C=O) groups excluding carboxylic acids is 1. The van der Waals surface area contributed by atoms with Gasteiger partial charge >= 0.3 is 6.41 Å². The van der Waals surface area contributed by atoms with Crippen molar-refractivity contribution in [3.05, 3.63) is 12.3 Å². The molecule has 0 aliphatic rings. The van der Waals surface area contributed by atoms with Crippen molar-refractivity contribution in [2.75, 3.05) is 5.32 Å². The van der Waals surface area contributed by atoms with E-state index >= 15 is 0 Å². The number of nitrogens with zero attached hydrogens (tertiary/aromatic N) is 1. The molecule has 1 aromatic rings. The fourth-order valence-electron chi connectivity index (χ4n) is 0.331. The lowest BCUT2D eigenvalue weighted by atomic mass is 10.7. The average Bonchev–Trinajstić information content (AvgIpc) is 2.19. The lowest BCUT2D eigenvalue weighted by Crippen LogP contribution is -1.88. The number of anilines is 1. The summed E-state index contributed by atoms with van der Waals surface area (Å²) in [5.74, 6) is 0. The molecule has 0 spiro atoms. The van der Waals surface area contributed by atoms with E-state index in [2.05, 4.69) is 9.69 Å². The monoisotopic (exact) mass is 127 g/mol. The molecule has 0 bridgehead atoms. The van der Waals surface area contributed by atoms with E-state index in [1.807, 2.05) is 0 Å². The van der Waals surface area contributed by atoms with Gasteiger partial charge in [0.1, 0.15) is 5.00 Å². The maximum absolute atomic E-state index is 9.62. The fraction of sp³-hybridized carbons (Fsp3) is 0. The molecule has 1 heterocycles. The second-order valence-corrected chi connectivity index (χ2v) is 1.94. The summed E-state index contributed by atoms with van der Waals surface area (Å²) in [6, 6.07) is 1.70. The molecule has 0 atom stereocenters. The molecule has 41 valence electrons. The molecule has 0 aliphatic carbocycles. The summed E-state index contributed by atoms with van der Waals surface area (Å²) in [7, 11) is 0. The van der Waals surface area contributed by atoms with Gasteiger partial charge in [-0.25, -0.2) is 0 Å². The van der Waals surface area contributed by atoms with Crippen LogP contribution in [0.25, 0.3) is 0 Å². The Morgan fingerprint density at radius 2 is 2.75 bits per heavy atom. The summed E-state index contributed by atoms with van der Waals surface area (Å²) in [6.45, 7) is 0. The summed E-state index contributed by atoms with van der Waals surface area (Å²) in [6.07, 6.45) is 3.16. The average molecular weight is 127 g/mol. The molecule has 1 amide bonds. The fourth-order valence-corrected chi connectivity index (χ4v) is 0.775. The van der Waals surface area contributed by atoms with Gasteiger partial charge in [-0.05, 0) is 17.6 Å². The minimum Gasteiger partial charge on any atom is -0.308 e. The minimum absolute atomic E-state index is 0.722. The molecule has 0 saturated carbocycles. The molecule has 0 aliphatic heterocycles. The summed E-state index contributed by atoms with van der Waals surface area (Å²) in [5, 5.41) is 3.06. The maximum atomic E-state index is 9.62. The summed E-state index contributed by atoms with van der Waals surface area (Å²) >= 11 is 1.22. The Labute approximate surface area is 50.5 Å². The minimum atomic E-state index is 0.722. The van der Waals surface area contributed by atoms with Gasteiger partial charge < -0.3 is 5.32 Å². The summed E-state index contributed by atoms with van der Waals surface area (Å²) < 4.78 is 3.74. The van der Waals surface area contributed by atoms with Crippen molar-refractivity contribution in [3.63, 3.8) is 0 Å². The molecule has 0 saturated heterocycles. The second-order valence-electron chi connectivity index (χ2n) is 1.10. The van der Waals surface area contributed by atoms with Crippen LogP contribution in [0.3, 0.4) is 0 Å². The number of rotatable bonds is 2. The lowest BCUT2D eigenvalue weighted by Gasteiger charge is -1.81. The largest absolute Gasteiger partial charge is 0.314 e. The number of aromatic nitrogens is 1. The molecule has 0 fully saturated rings. The third-order valence-corrected chi connectivity index (χ3v) is 1.27. The summed E-state index contributed by atoms with van der Waals surface area (Å²) in [4.78, 5) is 9.62. The van der Waals surface area contributed by atoms with E-state index in [4.69, 9.17) is 0 Å². The molecule has 1 N–H and O–H groups in total. The van der Waals surface area contributed by atoms with Gasteiger partial charge in [-0.1, -0.05) is 0 Å². The van der Waals surface area contributed by atoms with Crippen LogP contribution in [-0.2, 0) is 4.79 Å². The topological polar surface area (TPSA) is 42.0 Å². The van der Waals surface area contributed by atoms with Gasteiger partial charge in [-0.2, -0.15) is 4.37 Å². The SMILES string of the molecule is O=[C]Nc1ccns1. The van der Waals surface area contributed by atoms with Crippen molar-refractivity contribution in [3.8, 4) is 0 Å². The molecule has 0 unspecified atom stereocenters. The van der Waals surface area contributed by atoms with Crippen molar-refractivity contribution in [2.24, 2.45) is 0 Å². The first-order chi connectivity index (χ1) is 3.93. The molecule has 0 aromatic carbocycles. The van der Waals surface area contributed by atoms with Gasteiger partial charge in [-0.3, -0.25) is 4.79 Å². The van der Waals surface area contributed by atoms with E-state index in [1.165, 1.54) is 11.5 Å². The van der Waals surface area contributed by atoms with Crippen LogP contribution in [0.4, 0.5) is 5.00 Å². The first kappa shape index (κ1) is 5.24. The van der Waals surface area contributed by atoms with Crippen molar-refractivity contribution in [1.82, 2.24) is 4.37 Å². The van der Waals surface area contributed by atoms with Crippen molar-refractivity contribution in [2.45, 2.75) is 0 Å². The van der Waals surface area contributed by atoms with Crippen LogP contribution in [-0.4, -0.2) is 10.8 Å². The van der Waals surface area contributed by atoms with Gasteiger partial charge in [0.25, 0.3) is 0 Å². The zero-order valence-electron chi connectivity index (χ0n) is 3.92. The van der Waals surface area contributed by atoms with Crippen molar-refractivity contribution in [1.29, 1.82) is 0 Å². The molecule has 8 heavy (non-hydrogen) atoms. The Morgan fingerprint density at radius 3 is 3.25 bits per heavy atom. The molecular weight excluding hydrogens is 124 g/mol. The second kappa shape index (κ2) is 2.42. The Kier molecular flexibility index (Phi) is 1.58. The number of hydrogen-bond acceptors (Lipinski definition) is 3. The Morgan fingerprint density at radius 1 is 1.88 bits per heavy atom. The third-order valence-electron chi connectivity index (χ3n) is 0.612. The zero-order chi connectivity index (χ0) is 5.82. The van der Waals surface area contributed by atoms with Gasteiger partial charge in [0.15, 0.2) is 0 Å². The van der Waals surface area contributed by atoms with Crippen LogP contribution in [0, 0.1) is 0 Å². The van der Waals surface area contributed by atoms with Crippen LogP contribution >= 0.6 is 11.5 Å². The molecule has 3 nitrogen and oxygen atoms in total. The van der Waals surface area contributed by atoms with E-state index in [1.54, 1.807) is 18.7 Å². The molecule has 4 heteroatoms. The molecular formula is C4H3N2OS. The highest BCUT2D eigenvalue weighted by molar-refractivity contribution is 7.10. The van der Waals surface area contributed by atoms with Crippen molar-refractivity contribution < 1.29 is 4.79 Å². The molecule has 1 aromatic heterocycles. The quantitative estimate of drug-likeness (QED) is 0.592. The van der Waals surface area contributed by atoms with Crippen LogP contribution < -0.4 is 5.32 Å². The van der Waals surface area contributed by atoms with Crippen LogP contribution in [0.2, 0.25) is 0 Å².